The molecule has 1 fully saturated rings. The fourth-order valence-electron chi connectivity index (χ4n) is 4.57. The van der Waals surface area contributed by atoms with Gasteiger partial charge >= 0.3 is 5.97 Å². The van der Waals surface area contributed by atoms with Gasteiger partial charge < -0.3 is 31.5 Å². The predicted molar refractivity (Wildman–Crippen MR) is 153 cm³/mol. The molecular formula is C30H41N5O6. The van der Waals surface area contributed by atoms with Crippen molar-refractivity contribution in [1.82, 2.24) is 26.3 Å². The molecule has 1 saturated heterocycles. The Kier molecular flexibility index (Phi) is 11.2. The summed E-state index contributed by atoms with van der Waals surface area (Å²) in [4.78, 5) is 56.2. The van der Waals surface area contributed by atoms with E-state index in [1.807, 2.05) is 20.8 Å². The lowest BCUT2D eigenvalue weighted by Crippen LogP contribution is -2.58. The molecule has 6 N–H and O–H groups in total. The summed E-state index contributed by atoms with van der Waals surface area (Å²) in [6.45, 7) is 6.67. The molecule has 0 saturated carbocycles. The topological polar surface area (TPSA) is 170 Å². The number of amides is 3. The fourth-order valence-corrected chi connectivity index (χ4v) is 4.57. The number of carbonyl (C=O) groups is 4. The summed E-state index contributed by atoms with van der Waals surface area (Å²) in [7, 11) is 0. The molecule has 1 aliphatic heterocycles. The first-order valence-electron chi connectivity index (χ1n) is 14.0. The normalized spacial score (nSPS) is 17.2. The van der Waals surface area contributed by atoms with Gasteiger partial charge in [-0.25, -0.2) is 4.79 Å². The first-order chi connectivity index (χ1) is 19.4. The summed E-state index contributed by atoms with van der Waals surface area (Å²) >= 11 is 0. The number of aromatic nitrogens is 1. The Morgan fingerprint density at radius 2 is 1.61 bits per heavy atom. The van der Waals surface area contributed by atoms with Crippen LogP contribution in [0.2, 0.25) is 0 Å². The lowest BCUT2D eigenvalue weighted by molar-refractivity contribution is -0.142. The molecular weight excluding hydrogens is 526 g/mol. The maximum absolute atomic E-state index is 13.6. The number of rotatable bonds is 13. The van der Waals surface area contributed by atoms with Crippen LogP contribution in [0.15, 0.2) is 48.7 Å². The van der Waals surface area contributed by atoms with E-state index in [9.17, 15) is 29.4 Å². The number of phenols is 1. The van der Waals surface area contributed by atoms with Crippen LogP contribution in [-0.2, 0) is 32.0 Å². The van der Waals surface area contributed by atoms with E-state index in [1.165, 1.54) is 12.1 Å². The minimum atomic E-state index is -1.16. The molecule has 0 aliphatic carbocycles. The number of aromatic hydroxyl groups is 1. The zero-order chi connectivity index (χ0) is 30.0. The Morgan fingerprint density at radius 1 is 0.951 bits per heavy atom. The first kappa shape index (κ1) is 31.5. The van der Waals surface area contributed by atoms with Crippen molar-refractivity contribution in [2.75, 3.05) is 6.54 Å². The molecule has 11 nitrogen and oxygen atoms in total. The van der Waals surface area contributed by atoms with E-state index < -0.39 is 42.0 Å². The molecule has 1 aromatic heterocycles. The summed E-state index contributed by atoms with van der Waals surface area (Å²) in [5, 5.41) is 30.7. The van der Waals surface area contributed by atoms with Crippen LogP contribution >= 0.6 is 0 Å². The SMILES string of the molecule is CC(C)(C)CCC(NC(=O)C(Cc1ccccn1)NC(=O)C(Cc1ccc(O)cc1)NC(=O)[C@@H]1CCCN1)C(=O)O. The smallest absolute Gasteiger partial charge is 0.326 e. The molecule has 222 valence electrons. The number of hydrogen-bond acceptors (Lipinski definition) is 7. The second-order valence-electron chi connectivity index (χ2n) is 11.7. The number of nitrogens with one attached hydrogen (secondary N) is 4. The molecule has 11 heteroatoms. The monoisotopic (exact) mass is 567 g/mol. The van der Waals surface area contributed by atoms with Crippen molar-refractivity contribution in [2.24, 2.45) is 5.41 Å². The summed E-state index contributed by atoms with van der Waals surface area (Å²) < 4.78 is 0. The van der Waals surface area contributed by atoms with E-state index in [1.54, 1.807) is 36.5 Å². The van der Waals surface area contributed by atoms with Gasteiger partial charge in [0.1, 0.15) is 23.9 Å². The minimum absolute atomic E-state index is 0.0219. The maximum Gasteiger partial charge on any atom is 0.326 e. The van der Waals surface area contributed by atoms with Gasteiger partial charge in [-0.05, 0) is 67.5 Å². The number of pyridine rings is 1. The molecule has 2 heterocycles. The highest BCUT2D eigenvalue weighted by molar-refractivity contribution is 5.94. The lowest BCUT2D eigenvalue weighted by atomic mass is 9.88. The molecule has 2 aromatic rings. The number of aliphatic carboxylic acids is 1. The lowest BCUT2D eigenvalue weighted by Gasteiger charge is -2.26. The number of benzene rings is 1. The van der Waals surface area contributed by atoms with E-state index in [-0.39, 0.29) is 36.3 Å². The maximum atomic E-state index is 13.6. The zero-order valence-corrected chi connectivity index (χ0v) is 23.9. The average Bonchev–Trinajstić information content (AvgIpc) is 3.46. The Morgan fingerprint density at radius 3 is 2.17 bits per heavy atom. The summed E-state index contributed by atoms with van der Waals surface area (Å²) in [6, 6.07) is 7.76. The van der Waals surface area contributed by atoms with Gasteiger partial charge in [-0.15, -0.1) is 0 Å². The van der Waals surface area contributed by atoms with Crippen LogP contribution in [-0.4, -0.2) is 69.6 Å². The van der Waals surface area contributed by atoms with Crippen molar-refractivity contribution in [3.05, 3.63) is 59.9 Å². The van der Waals surface area contributed by atoms with Crippen LogP contribution in [0.1, 0.15) is 57.7 Å². The number of phenolic OH excluding ortho intramolecular Hbond substituents is 1. The average molecular weight is 568 g/mol. The molecule has 4 atom stereocenters. The molecule has 3 amide bonds. The van der Waals surface area contributed by atoms with E-state index in [0.29, 0.717) is 30.6 Å². The van der Waals surface area contributed by atoms with Crippen molar-refractivity contribution in [3.8, 4) is 5.75 Å². The summed E-state index contributed by atoms with van der Waals surface area (Å²) in [5.74, 6) is -2.66. The van der Waals surface area contributed by atoms with Crippen LogP contribution in [0.4, 0.5) is 0 Å². The molecule has 41 heavy (non-hydrogen) atoms. The summed E-state index contributed by atoms with van der Waals surface area (Å²) in [6.07, 6.45) is 3.99. The number of carboxylic acids is 1. The van der Waals surface area contributed by atoms with Crippen molar-refractivity contribution in [2.45, 2.75) is 83.5 Å². The van der Waals surface area contributed by atoms with Gasteiger partial charge in [-0.1, -0.05) is 39.0 Å². The van der Waals surface area contributed by atoms with Gasteiger partial charge in [0.05, 0.1) is 6.04 Å². The quantitative estimate of drug-likeness (QED) is 0.212. The van der Waals surface area contributed by atoms with Crippen molar-refractivity contribution in [1.29, 1.82) is 0 Å². The highest BCUT2D eigenvalue weighted by Crippen LogP contribution is 2.22. The van der Waals surface area contributed by atoms with Gasteiger partial charge in [0.2, 0.25) is 17.7 Å². The molecule has 1 aromatic carbocycles. The second-order valence-corrected chi connectivity index (χ2v) is 11.7. The number of hydrogen-bond donors (Lipinski definition) is 6. The molecule has 0 spiro atoms. The number of carbonyl (C=O) groups excluding carboxylic acids is 3. The largest absolute Gasteiger partial charge is 0.508 e. The molecule has 0 bridgehead atoms. The van der Waals surface area contributed by atoms with Crippen LogP contribution in [0.25, 0.3) is 0 Å². The van der Waals surface area contributed by atoms with Crippen LogP contribution in [0.3, 0.4) is 0 Å². The van der Waals surface area contributed by atoms with Gasteiger partial charge in [0.15, 0.2) is 0 Å². The molecule has 1 aliphatic rings. The summed E-state index contributed by atoms with van der Waals surface area (Å²) in [5.41, 5.74) is 1.10. The third-order valence-electron chi connectivity index (χ3n) is 6.96. The number of carboxylic acid groups (broad SMARTS) is 1. The van der Waals surface area contributed by atoms with Gasteiger partial charge in [0, 0.05) is 24.7 Å². The van der Waals surface area contributed by atoms with Crippen molar-refractivity contribution >= 4 is 23.7 Å². The van der Waals surface area contributed by atoms with Gasteiger partial charge in [0.25, 0.3) is 0 Å². The minimum Gasteiger partial charge on any atom is -0.508 e. The first-order valence-corrected chi connectivity index (χ1v) is 14.0. The Labute approximate surface area is 240 Å². The van der Waals surface area contributed by atoms with Crippen LogP contribution in [0.5, 0.6) is 5.75 Å². The third-order valence-corrected chi connectivity index (χ3v) is 6.96. The van der Waals surface area contributed by atoms with Crippen LogP contribution < -0.4 is 21.3 Å². The molecule has 3 unspecified atom stereocenters. The predicted octanol–water partition coefficient (Wildman–Crippen LogP) is 1.69. The fraction of sp³-hybridized carbons (Fsp3) is 0.500. The Hall–Kier alpha value is -3.99. The Balaban J connectivity index is 1.81. The second kappa shape index (κ2) is 14.6. The Bertz CT molecular complexity index is 1180. The van der Waals surface area contributed by atoms with Crippen molar-refractivity contribution in [3.63, 3.8) is 0 Å². The molecule has 3 rings (SSSR count). The highest BCUT2D eigenvalue weighted by atomic mass is 16.4. The van der Waals surface area contributed by atoms with E-state index in [4.69, 9.17) is 0 Å². The van der Waals surface area contributed by atoms with E-state index >= 15 is 0 Å². The van der Waals surface area contributed by atoms with Gasteiger partial charge in [-0.3, -0.25) is 19.4 Å². The van der Waals surface area contributed by atoms with E-state index in [2.05, 4.69) is 26.3 Å². The van der Waals surface area contributed by atoms with E-state index in [0.717, 1.165) is 6.42 Å². The van der Waals surface area contributed by atoms with Gasteiger partial charge in [-0.2, -0.15) is 0 Å². The number of nitrogens with zero attached hydrogens (tertiary/aromatic N) is 1. The third kappa shape index (κ3) is 10.5. The zero-order valence-electron chi connectivity index (χ0n) is 23.9. The standard InChI is InChI=1S/C30H41N5O6/c1-30(2,3)14-13-23(29(40)41)33-28(39)25(18-20-7-4-5-15-31-20)35-27(38)24(17-19-9-11-21(36)12-10-19)34-26(37)22-8-6-16-32-22/h4-5,7,9-12,15,22-25,32,36H,6,8,13-14,16-18H2,1-3H3,(H,33,39)(H,34,37)(H,35,38)(H,40,41)/t22-,23?,24?,25?/m0/s1. The van der Waals surface area contributed by atoms with Crippen LogP contribution in [0, 0.1) is 5.41 Å². The van der Waals surface area contributed by atoms with Crippen molar-refractivity contribution < 1.29 is 29.4 Å². The highest BCUT2D eigenvalue weighted by Gasteiger charge is 2.32. The molecule has 0 radical (unpaired) electrons.